The molecule has 1 amide bonds. The number of nitrogens with two attached hydrogens (primary N) is 1. The van der Waals surface area contributed by atoms with Gasteiger partial charge in [0.2, 0.25) is 5.91 Å². The van der Waals surface area contributed by atoms with E-state index in [2.05, 4.69) is 21.4 Å². The van der Waals surface area contributed by atoms with E-state index in [0.29, 0.717) is 5.69 Å². The van der Waals surface area contributed by atoms with Crippen molar-refractivity contribution < 1.29 is 4.79 Å². The van der Waals surface area contributed by atoms with Gasteiger partial charge in [-0.15, -0.1) is 12.3 Å². The van der Waals surface area contributed by atoms with E-state index >= 15 is 0 Å². The number of nitrogens with zero attached hydrogens (tertiary/aromatic N) is 1. The Morgan fingerprint density at radius 2 is 2.47 bits per heavy atom. The maximum absolute atomic E-state index is 11.6. The van der Waals surface area contributed by atoms with Gasteiger partial charge in [0.15, 0.2) is 0 Å². The minimum atomic E-state index is -0.683. The Morgan fingerprint density at radius 1 is 1.65 bits per heavy atom. The second-order valence-electron chi connectivity index (χ2n) is 3.68. The number of aromatic amines is 1. The van der Waals surface area contributed by atoms with Crippen molar-refractivity contribution >= 4 is 22.5 Å². The molecular weight excluding hydrogens is 216 g/mol. The Morgan fingerprint density at radius 3 is 3.24 bits per heavy atom. The fourth-order valence-corrected chi connectivity index (χ4v) is 1.47. The first-order valence-electron chi connectivity index (χ1n) is 5.14. The minimum Gasteiger partial charge on any atom is -0.325 e. The van der Waals surface area contributed by atoms with E-state index in [-0.39, 0.29) is 12.3 Å². The molecule has 1 unspecified atom stereocenters. The van der Waals surface area contributed by atoms with E-state index < -0.39 is 6.04 Å². The zero-order valence-corrected chi connectivity index (χ0v) is 9.10. The third kappa shape index (κ3) is 2.44. The number of benzene rings is 1. The average Bonchev–Trinajstić information content (AvgIpc) is 2.76. The molecule has 2 rings (SSSR count). The molecule has 1 aromatic carbocycles. The van der Waals surface area contributed by atoms with Gasteiger partial charge in [-0.05, 0) is 18.2 Å². The molecule has 0 bridgehead atoms. The summed E-state index contributed by atoms with van der Waals surface area (Å²) in [6.45, 7) is 0. The van der Waals surface area contributed by atoms with E-state index in [0.717, 1.165) is 10.9 Å². The fourth-order valence-electron chi connectivity index (χ4n) is 1.47. The maximum atomic E-state index is 11.6. The number of amides is 1. The maximum Gasteiger partial charge on any atom is 0.242 e. The molecule has 0 spiro atoms. The number of hydrogen-bond donors (Lipinski definition) is 3. The van der Waals surface area contributed by atoms with Crippen molar-refractivity contribution in [2.75, 3.05) is 5.32 Å². The summed E-state index contributed by atoms with van der Waals surface area (Å²) in [7, 11) is 0. The summed E-state index contributed by atoms with van der Waals surface area (Å²) in [6.07, 6.45) is 7.03. The van der Waals surface area contributed by atoms with Crippen LogP contribution in [0.2, 0.25) is 0 Å². The summed E-state index contributed by atoms with van der Waals surface area (Å²) < 4.78 is 0. The van der Waals surface area contributed by atoms with Crippen LogP contribution in [0.3, 0.4) is 0 Å². The molecule has 4 N–H and O–H groups in total. The van der Waals surface area contributed by atoms with Crippen molar-refractivity contribution in [3.63, 3.8) is 0 Å². The van der Waals surface area contributed by atoms with Crippen LogP contribution in [0.15, 0.2) is 24.4 Å². The van der Waals surface area contributed by atoms with Crippen LogP contribution in [0.5, 0.6) is 0 Å². The molecule has 5 nitrogen and oxygen atoms in total. The van der Waals surface area contributed by atoms with Crippen LogP contribution in [0, 0.1) is 12.3 Å². The smallest absolute Gasteiger partial charge is 0.242 e. The molecule has 1 atom stereocenters. The van der Waals surface area contributed by atoms with Crippen LogP contribution >= 0.6 is 0 Å². The third-order valence-electron chi connectivity index (χ3n) is 2.38. The van der Waals surface area contributed by atoms with E-state index in [1.54, 1.807) is 18.3 Å². The van der Waals surface area contributed by atoms with Crippen molar-refractivity contribution in [3.8, 4) is 12.3 Å². The van der Waals surface area contributed by atoms with Gasteiger partial charge >= 0.3 is 0 Å². The first kappa shape index (κ1) is 11.2. The van der Waals surface area contributed by atoms with E-state index in [4.69, 9.17) is 12.2 Å². The van der Waals surface area contributed by atoms with Gasteiger partial charge in [-0.1, -0.05) is 0 Å². The highest BCUT2D eigenvalue weighted by molar-refractivity contribution is 5.96. The summed E-state index contributed by atoms with van der Waals surface area (Å²) >= 11 is 0. The number of rotatable bonds is 3. The molecule has 17 heavy (non-hydrogen) atoms. The van der Waals surface area contributed by atoms with Gasteiger partial charge in [-0.3, -0.25) is 9.89 Å². The lowest BCUT2D eigenvalue weighted by molar-refractivity contribution is -0.117. The van der Waals surface area contributed by atoms with Gasteiger partial charge in [0.1, 0.15) is 0 Å². The van der Waals surface area contributed by atoms with Crippen molar-refractivity contribution in [3.05, 3.63) is 24.4 Å². The van der Waals surface area contributed by atoms with Crippen molar-refractivity contribution in [1.29, 1.82) is 0 Å². The molecule has 0 saturated carbocycles. The largest absolute Gasteiger partial charge is 0.325 e. The highest BCUT2D eigenvalue weighted by atomic mass is 16.2. The average molecular weight is 228 g/mol. The van der Waals surface area contributed by atoms with Gasteiger partial charge in [-0.25, -0.2) is 0 Å². The molecular formula is C12H12N4O. The van der Waals surface area contributed by atoms with Crippen molar-refractivity contribution in [1.82, 2.24) is 10.2 Å². The number of hydrogen-bond acceptors (Lipinski definition) is 3. The zero-order chi connectivity index (χ0) is 12.3. The molecule has 0 aliphatic carbocycles. The normalized spacial score (nSPS) is 12.0. The SMILES string of the molecule is C#CCC(N)C(=O)Nc1ccc2cn[nH]c2c1. The second kappa shape index (κ2) is 4.68. The van der Waals surface area contributed by atoms with Crippen molar-refractivity contribution in [2.24, 2.45) is 5.73 Å². The third-order valence-corrected chi connectivity index (χ3v) is 2.38. The van der Waals surface area contributed by atoms with Crippen LogP contribution < -0.4 is 11.1 Å². The van der Waals surface area contributed by atoms with Crippen LogP contribution in [-0.2, 0) is 4.79 Å². The predicted octanol–water partition coefficient (Wildman–Crippen LogP) is 0.852. The molecule has 86 valence electrons. The Hall–Kier alpha value is -2.32. The molecule has 1 heterocycles. The zero-order valence-electron chi connectivity index (χ0n) is 9.10. The van der Waals surface area contributed by atoms with Crippen LogP contribution in [0.1, 0.15) is 6.42 Å². The Kier molecular flexibility index (Phi) is 3.08. The lowest BCUT2D eigenvalue weighted by Crippen LogP contribution is -2.35. The Bertz CT molecular complexity index is 581. The Balaban J connectivity index is 2.13. The topological polar surface area (TPSA) is 83.8 Å². The minimum absolute atomic E-state index is 0.220. The van der Waals surface area contributed by atoms with Gasteiger partial charge in [0.25, 0.3) is 0 Å². The standard InChI is InChI=1S/C12H12N4O/c1-2-3-10(13)12(17)15-9-5-4-8-7-14-16-11(8)6-9/h1,4-7,10H,3,13H2,(H,14,16)(H,15,17). The number of carbonyl (C=O) groups is 1. The highest BCUT2D eigenvalue weighted by Gasteiger charge is 2.12. The molecule has 1 aromatic heterocycles. The van der Waals surface area contributed by atoms with Crippen LogP contribution in [0.4, 0.5) is 5.69 Å². The second-order valence-corrected chi connectivity index (χ2v) is 3.68. The number of nitrogens with one attached hydrogen (secondary N) is 2. The quantitative estimate of drug-likeness (QED) is 0.681. The number of terminal acetylenes is 1. The predicted molar refractivity (Wildman–Crippen MR) is 66.1 cm³/mol. The summed E-state index contributed by atoms with van der Waals surface area (Å²) in [5, 5.41) is 10.4. The number of H-pyrrole nitrogens is 1. The molecule has 0 radical (unpaired) electrons. The van der Waals surface area contributed by atoms with Gasteiger partial charge < -0.3 is 11.1 Å². The highest BCUT2D eigenvalue weighted by Crippen LogP contribution is 2.16. The van der Waals surface area contributed by atoms with E-state index in [1.165, 1.54) is 0 Å². The molecule has 0 saturated heterocycles. The monoisotopic (exact) mass is 228 g/mol. The molecule has 0 fully saturated rings. The van der Waals surface area contributed by atoms with Gasteiger partial charge in [-0.2, -0.15) is 5.10 Å². The first-order valence-corrected chi connectivity index (χ1v) is 5.14. The lowest BCUT2D eigenvalue weighted by atomic mass is 10.2. The van der Waals surface area contributed by atoms with Crippen LogP contribution in [-0.4, -0.2) is 22.1 Å². The molecule has 5 heteroatoms. The summed E-state index contributed by atoms with van der Waals surface area (Å²) in [4.78, 5) is 11.6. The summed E-state index contributed by atoms with van der Waals surface area (Å²) in [6, 6.07) is 4.76. The van der Waals surface area contributed by atoms with Gasteiger partial charge in [0, 0.05) is 17.5 Å². The number of carbonyl (C=O) groups excluding carboxylic acids is 1. The first-order chi connectivity index (χ1) is 8.20. The number of aromatic nitrogens is 2. The van der Waals surface area contributed by atoms with E-state index in [1.807, 2.05) is 6.07 Å². The number of anilines is 1. The van der Waals surface area contributed by atoms with Gasteiger partial charge in [0.05, 0.1) is 17.8 Å². The summed E-state index contributed by atoms with van der Waals surface area (Å²) in [5.41, 5.74) is 7.11. The van der Waals surface area contributed by atoms with Crippen LogP contribution in [0.25, 0.3) is 10.9 Å². The molecule has 0 aliphatic heterocycles. The lowest BCUT2D eigenvalue weighted by Gasteiger charge is -2.09. The molecule has 2 aromatic rings. The van der Waals surface area contributed by atoms with E-state index in [9.17, 15) is 4.79 Å². The summed E-state index contributed by atoms with van der Waals surface area (Å²) in [5.74, 6) is 2.07. The molecule has 0 aliphatic rings. The fraction of sp³-hybridized carbons (Fsp3) is 0.167. The van der Waals surface area contributed by atoms with Crippen molar-refractivity contribution in [2.45, 2.75) is 12.5 Å². The number of fused-ring (bicyclic) bond motifs is 1. The Labute approximate surface area is 98.4 Å².